The Morgan fingerprint density at radius 1 is 1.25 bits per heavy atom. The van der Waals surface area contributed by atoms with Gasteiger partial charge in [-0.1, -0.05) is 31.8 Å². The van der Waals surface area contributed by atoms with Crippen LogP contribution in [0.5, 0.6) is 0 Å². The molecule has 0 aliphatic carbocycles. The number of benzene rings is 1. The van der Waals surface area contributed by atoms with Crippen molar-refractivity contribution in [2.45, 2.75) is 6.92 Å². The highest BCUT2D eigenvalue weighted by atomic mass is 79.9. The number of nitrogens with zero attached hydrogens (tertiary/aromatic N) is 5. The third kappa shape index (κ3) is 2.91. The molecule has 1 fully saturated rings. The first kappa shape index (κ1) is 15.9. The normalized spacial score (nSPS) is 15.2. The van der Waals surface area contributed by atoms with E-state index in [0.29, 0.717) is 23.7 Å². The van der Waals surface area contributed by atoms with Gasteiger partial charge in [-0.25, -0.2) is 4.98 Å². The van der Waals surface area contributed by atoms with Gasteiger partial charge in [0.05, 0.1) is 15.9 Å². The lowest BCUT2D eigenvalue weighted by Gasteiger charge is -2.34. The van der Waals surface area contributed by atoms with E-state index in [1.54, 1.807) is 11.3 Å². The van der Waals surface area contributed by atoms with Crippen LogP contribution in [0.4, 0.5) is 5.13 Å². The molecule has 0 atom stereocenters. The van der Waals surface area contributed by atoms with Gasteiger partial charge in [-0.05, 0) is 36.7 Å². The number of hydrogen-bond donors (Lipinski definition) is 0. The van der Waals surface area contributed by atoms with E-state index in [4.69, 9.17) is 4.98 Å². The maximum atomic E-state index is 12.5. The largest absolute Gasteiger partial charge is 0.345 e. The van der Waals surface area contributed by atoms with Gasteiger partial charge in [-0.15, -0.1) is 5.10 Å². The van der Waals surface area contributed by atoms with Crippen LogP contribution in [0.2, 0.25) is 0 Å². The number of piperazine rings is 1. The van der Waals surface area contributed by atoms with Crippen molar-refractivity contribution in [3.63, 3.8) is 0 Å². The zero-order chi connectivity index (χ0) is 16.7. The standard InChI is InChI=1S/C15H14BrN5OS2/c1-9-13(24-19-18-9)14(22)20-4-6-21(7-5-20)15-17-11-3-2-10(16)8-12(11)23-15/h2-3,8H,4-7H2,1H3. The van der Waals surface area contributed by atoms with Gasteiger partial charge in [0.15, 0.2) is 5.13 Å². The molecule has 0 bridgehead atoms. The van der Waals surface area contributed by atoms with Crippen molar-refractivity contribution in [3.8, 4) is 0 Å². The minimum absolute atomic E-state index is 0.0374. The average molecular weight is 424 g/mol. The number of halogens is 1. The average Bonchev–Trinajstić information content (AvgIpc) is 3.20. The molecular formula is C15H14BrN5OS2. The smallest absolute Gasteiger partial charge is 0.267 e. The van der Waals surface area contributed by atoms with Crippen LogP contribution in [0.3, 0.4) is 0 Å². The maximum absolute atomic E-state index is 12.5. The third-order valence-corrected chi connectivity index (χ3v) is 6.41. The minimum atomic E-state index is 0.0374. The lowest BCUT2D eigenvalue weighted by molar-refractivity contribution is 0.0750. The van der Waals surface area contributed by atoms with Crippen molar-refractivity contribution in [1.29, 1.82) is 0 Å². The summed E-state index contributed by atoms with van der Waals surface area (Å²) in [5.74, 6) is 0.0374. The fourth-order valence-electron chi connectivity index (χ4n) is 2.69. The molecule has 2 aromatic heterocycles. The topological polar surface area (TPSA) is 62.2 Å². The van der Waals surface area contributed by atoms with E-state index < -0.39 is 0 Å². The van der Waals surface area contributed by atoms with Gasteiger partial charge in [0.2, 0.25) is 0 Å². The molecule has 3 aromatic rings. The predicted octanol–water partition coefficient (Wildman–Crippen LogP) is 3.18. The Kier molecular flexibility index (Phi) is 4.23. The highest BCUT2D eigenvalue weighted by Gasteiger charge is 2.26. The van der Waals surface area contributed by atoms with Gasteiger partial charge < -0.3 is 9.80 Å². The number of hydrogen-bond acceptors (Lipinski definition) is 7. The summed E-state index contributed by atoms with van der Waals surface area (Å²) in [4.78, 5) is 22.0. The summed E-state index contributed by atoms with van der Waals surface area (Å²) in [5, 5.41) is 4.94. The molecule has 0 spiro atoms. The van der Waals surface area contributed by atoms with E-state index in [0.717, 1.165) is 28.2 Å². The molecule has 24 heavy (non-hydrogen) atoms. The van der Waals surface area contributed by atoms with Crippen LogP contribution in [0.1, 0.15) is 15.4 Å². The molecule has 124 valence electrons. The number of aromatic nitrogens is 3. The minimum Gasteiger partial charge on any atom is -0.345 e. The van der Waals surface area contributed by atoms with Gasteiger partial charge >= 0.3 is 0 Å². The maximum Gasteiger partial charge on any atom is 0.267 e. The second kappa shape index (κ2) is 6.38. The number of thiazole rings is 1. The van der Waals surface area contributed by atoms with Crippen LogP contribution >= 0.6 is 38.8 Å². The Morgan fingerprint density at radius 3 is 2.75 bits per heavy atom. The van der Waals surface area contributed by atoms with Gasteiger partial charge in [0, 0.05) is 30.7 Å². The van der Waals surface area contributed by atoms with Crippen molar-refractivity contribution in [3.05, 3.63) is 33.2 Å². The summed E-state index contributed by atoms with van der Waals surface area (Å²) in [6.07, 6.45) is 0. The number of amides is 1. The fraction of sp³-hybridized carbons (Fsp3) is 0.333. The Labute approximate surface area is 155 Å². The lowest BCUT2D eigenvalue weighted by Crippen LogP contribution is -2.48. The van der Waals surface area contributed by atoms with E-state index in [-0.39, 0.29) is 5.91 Å². The molecule has 0 saturated carbocycles. The first-order chi connectivity index (χ1) is 11.6. The van der Waals surface area contributed by atoms with E-state index in [1.165, 1.54) is 16.2 Å². The summed E-state index contributed by atoms with van der Waals surface area (Å²) < 4.78 is 6.09. The lowest BCUT2D eigenvalue weighted by atomic mass is 10.3. The number of aryl methyl sites for hydroxylation is 1. The molecule has 1 amide bonds. The van der Waals surface area contributed by atoms with Crippen LogP contribution < -0.4 is 4.90 Å². The summed E-state index contributed by atoms with van der Waals surface area (Å²) in [6, 6.07) is 6.13. The number of carbonyl (C=O) groups excluding carboxylic acids is 1. The SMILES string of the molecule is Cc1nnsc1C(=O)N1CCN(c2nc3ccc(Br)cc3s2)CC1. The Morgan fingerprint density at radius 2 is 2.04 bits per heavy atom. The Balaban J connectivity index is 1.47. The van der Waals surface area contributed by atoms with E-state index in [2.05, 4.69) is 36.5 Å². The van der Waals surface area contributed by atoms with Crippen molar-refractivity contribution >= 4 is 60.1 Å². The summed E-state index contributed by atoms with van der Waals surface area (Å²) >= 11 is 6.36. The first-order valence-electron chi connectivity index (χ1n) is 7.51. The molecule has 9 heteroatoms. The van der Waals surface area contributed by atoms with E-state index in [1.807, 2.05) is 24.0 Å². The quantitative estimate of drug-likeness (QED) is 0.633. The molecule has 1 saturated heterocycles. The van der Waals surface area contributed by atoms with Crippen LogP contribution in [0.15, 0.2) is 22.7 Å². The molecule has 3 heterocycles. The molecule has 1 aromatic carbocycles. The third-order valence-electron chi connectivity index (χ3n) is 4.02. The number of fused-ring (bicyclic) bond motifs is 1. The molecule has 0 radical (unpaired) electrons. The van der Waals surface area contributed by atoms with E-state index in [9.17, 15) is 4.79 Å². The zero-order valence-electron chi connectivity index (χ0n) is 12.9. The molecule has 0 N–H and O–H groups in total. The molecule has 0 unspecified atom stereocenters. The molecule has 6 nitrogen and oxygen atoms in total. The van der Waals surface area contributed by atoms with Gasteiger partial charge in [0.1, 0.15) is 4.88 Å². The Bertz CT molecular complexity index is 900. The van der Waals surface area contributed by atoms with Crippen LogP contribution in [0, 0.1) is 6.92 Å². The fourth-order valence-corrected chi connectivity index (χ4v) is 4.89. The van der Waals surface area contributed by atoms with Crippen LogP contribution in [0.25, 0.3) is 10.2 Å². The van der Waals surface area contributed by atoms with Gasteiger partial charge in [-0.2, -0.15) is 0 Å². The second-order valence-corrected chi connectivity index (χ2v) is 8.25. The number of carbonyl (C=O) groups is 1. The van der Waals surface area contributed by atoms with Crippen molar-refractivity contribution in [1.82, 2.24) is 19.5 Å². The zero-order valence-corrected chi connectivity index (χ0v) is 16.1. The van der Waals surface area contributed by atoms with Crippen molar-refractivity contribution in [2.24, 2.45) is 0 Å². The number of rotatable bonds is 2. The van der Waals surface area contributed by atoms with Gasteiger partial charge in [-0.3, -0.25) is 4.79 Å². The highest BCUT2D eigenvalue weighted by molar-refractivity contribution is 9.10. The first-order valence-corrected chi connectivity index (χ1v) is 9.89. The van der Waals surface area contributed by atoms with Crippen molar-refractivity contribution in [2.75, 3.05) is 31.1 Å². The summed E-state index contributed by atoms with van der Waals surface area (Å²) in [5.41, 5.74) is 1.73. The Hall–Kier alpha value is -1.58. The molecular weight excluding hydrogens is 410 g/mol. The van der Waals surface area contributed by atoms with E-state index >= 15 is 0 Å². The van der Waals surface area contributed by atoms with Gasteiger partial charge in [0.25, 0.3) is 5.91 Å². The van der Waals surface area contributed by atoms with Crippen LogP contribution in [-0.4, -0.2) is 51.6 Å². The van der Waals surface area contributed by atoms with Crippen molar-refractivity contribution < 1.29 is 4.79 Å². The molecule has 1 aliphatic heterocycles. The number of anilines is 1. The summed E-state index contributed by atoms with van der Waals surface area (Å²) in [6.45, 7) is 4.79. The predicted molar refractivity (Wildman–Crippen MR) is 100 cm³/mol. The highest BCUT2D eigenvalue weighted by Crippen LogP contribution is 2.31. The second-order valence-electron chi connectivity index (χ2n) is 5.58. The molecule has 1 aliphatic rings. The summed E-state index contributed by atoms with van der Waals surface area (Å²) in [7, 11) is 0. The molecule has 4 rings (SSSR count). The monoisotopic (exact) mass is 423 g/mol. The van der Waals surface area contributed by atoms with Crippen LogP contribution in [-0.2, 0) is 0 Å².